The summed E-state index contributed by atoms with van der Waals surface area (Å²) in [6.45, 7) is 0.477. The maximum Gasteiger partial charge on any atom is 0.418 e. The summed E-state index contributed by atoms with van der Waals surface area (Å²) >= 11 is 0. The van der Waals surface area contributed by atoms with Crippen LogP contribution in [0.5, 0.6) is 0 Å². The van der Waals surface area contributed by atoms with Crippen molar-refractivity contribution in [3.8, 4) is 0 Å². The van der Waals surface area contributed by atoms with Crippen LogP contribution in [0.15, 0.2) is 24.3 Å². The van der Waals surface area contributed by atoms with E-state index < -0.39 is 65.6 Å². The minimum absolute atomic E-state index is 0.419. The van der Waals surface area contributed by atoms with Gasteiger partial charge in [0.1, 0.15) is 6.04 Å². The van der Waals surface area contributed by atoms with Gasteiger partial charge in [-0.05, 0) is 31.9 Å². The van der Waals surface area contributed by atoms with Crippen LogP contribution in [0.4, 0.5) is 18.9 Å². The average Bonchev–Trinajstić information content (AvgIpc) is 2.96. The van der Waals surface area contributed by atoms with E-state index in [9.17, 15) is 32.3 Å². The van der Waals surface area contributed by atoms with Gasteiger partial charge >= 0.3 is 12.1 Å². The molecule has 3 rings (SSSR count). The van der Waals surface area contributed by atoms with E-state index in [1.165, 1.54) is 19.1 Å². The highest BCUT2D eigenvalue weighted by atomic mass is 19.4. The number of imide groups is 1. The van der Waals surface area contributed by atoms with E-state index in [2.05, 4.69) is 5.32 Å². The van der Waals surface area contributed by atoms with Crippen molar-refractivity contribution in [3.05, 3.63) is 29.8 Å². The first kappa shape index (κ1) is 21.8. The van der Waals surface area contributed by atoms with Crippen LogP contribution >= 0.6 is 0 Å². The van der Waals surface area contributed by atoms with Gasteiger partial charge in [0.2, 0.25) is 11.8 Å². The van der Waals surface area contributed by atoms with Crippen molar-refractivity contribution in [1.82, 2.24) is 4.90 Å². The number of anilines is 1. The molecule has 3 amide bonds. The molecule has 1 aromatic carbocycles. The third-order valence-electron chi connectivity index (χ3n) is 5.46. The highest BCUT2D eigenvalue weighted by molar-refractivity contribution is 6.08. The van der Waals surface area contributed by atoms with E-state index in [1.54, 1.807) is 0 Å². The monoisotopic (exact) mass is 426 g/mol. The van der Waals surface area contributed by atoms with Crippen molar-refractivity contribution in [1.29, 1.82) is 0 Å². The van der Waals surface area contributed by atoms with Gasteiger partial charge in [0.15, 0.2) is 6.61 Å². The van der Waals surface area contributed by atoms with Crippen molar-refractivity contribution in [3.63, 3.8) is 0 Å². The number of para-hydroxylation sites is 1. The first-order chi connectivity index (χ1) is 14.1. The number of carbonyl (C=O) groups is 4. The van der Waals surface area contributed by atoms with Gasteiger partial charge in [-0.3, -0.25) is 19.3 Å². The Bertz CT molecular complexity index is 846. The van der Waals surface area contributed by atoms with Crippen LogP contribution in [0.2, 0.25) is 0 Å². The van der Waals surface area contributed by atoms with Crippen LogP contribution < -0.4 is 5.32 Å². The summed E-state index contributed by atoms with van der Waals surface area (Å²) in [5, 5.41) is 2.06. The van der Waals surface area contributed by atoms with Crippen LogP contribution in [-0.4, -0.2) is 41.2 Å². The number of nitrogens with zero attached hydrogens (tertiary/aromatic N) is 1. The number of halogens is 3. The maximum atomic E-state index is 13.0. The first-order valence-corrected chi connectivity index (χ1v) is 9.61. The molecule has 1 N–H and O–H groups in total. The number of rotatable bonds is 5. The highest BCUT2D eigenvalue weighted by Gasteiger charge is 2.51. The fourth-order valence-electron chi connectivity index (χ4n) is 3.96. The minimum atomic E-state index is -4.66. The lowest BCUT2D eigenvalue weighted by Gasteiger charge is -2.21. The van der Waals surface area contributed by atoms with Crippen molar-refractivity contribution < 1.29 is 37.1 Å². The van der Waals surface area contributed by atoms with E-state index in [0.29, 0.717) is 12.8 Å². The molecule has 3 atom stereocenters. The molecule has 2 fully saturated rings. The molecule has 1 saturated carbocycles. The first-order valence-electron chi connectivity index (χ1n) is 9.61. The second-order valence-corrected chi connectivity index (χ2v) is 7.42. The predicted octanol–water partition coefficient (Wildman–Crippen LogP) is 2.75. The number of likely N-dealkylation sites (tertiary alicyclic amines) is 1. The van der Waals surface area contributed by atoms with Crippen LogP contribution in [0.3, 0.4) is 0 Å². The van der Waals surface area contributed by atoms with E-state index in [1.807, 2.05) is 0 Å². The molecule has 3 unspecified atom stereocenters. The average molecular weight is 426 g/mol. The molecule has 1 heterocycles. The lowest BCUT2D eigenvalue weighted by molar-refractivity contribution is -0.159. The highest BCUT2D eigenvalue weighted by Crippen LogP contribution is 2.39. The van der Waals surface area contributed by atoms with Gasteiger partial charge in [0, 0.05) is 0 Å². The summed E-state index contributed by atoms with van der Waals surface area (Å²) in [6.07, 6.45) is -1.80. The topological polar surface area (TPSA) is 92.8 Å². The Morgan fingerprint density at radius 2 is 1.70 bits per heavy atom. The molecule has 7 nitrogen and oxygen atoms in total. The van der Waals surface area contributed by atoms with Gasteiger partial charge in [0.25, 0.3) is 5.91 Å². The summed E-state index contributed by atoms with van der Waals surface area (Å²) in [6, 6.07) is 3.18. The Morgan fingerprint density at radius 3 is 2.27 bits per heavy atom. The third-order valence-corrected chi connectivity index (χ3v) is 5.46. The fourth-order valence-corrected chi connectivity index (χ4v) is 3.96. The number of fused-ring (bicyclic) bond motifs is 1. The summed E-state index contributed by atoms with van der Waals surface area (Å²) in [5.41, 5.74) is -1.50. The molecule has 162 valence electrons. The Balaban J connectivity index is 1.59. The summed E-state index contributed by atoms with van der Waals surface area (Å²) in [4.78, 5) is 50.2. The lowest BCUT2D eigenvalue weighted by Crippen LogP contribution is -2.45. The van der Waals surface area contributed by atoms with Gasteiger partial charge in [0.05, 0.1) is 23.1 Å². The van der Waals surface area contributed by atoms with Crippen LogP contribution in [0.25, 0.3) is 0 Å². The molecule has 1 aromatic rings. The molecule has 1 saturated heterocycles. The van der Waals surface area contributed by atoms with Gasteiger partial charge in [-0.25, -0.2) is 4.79 Å². The Kier molecular flexibility index (Phi) is 6.14. The van der Waals surface area contributed by atoms with Gasteiger partial charge in [-0.2, -0.15) is 13.2 Å². The molecule has 1 aliphatic heterocycles. The molecular formula is C20H21F3N2O5. The number of carbonyl (C=O) groups excluding carboxylic acids is 4. The molecule has 0 spiro atoms. The van der Waals surface area contributed by atoms with E-state index in [4.69, 9.17) is 4.74 Å². The van der Waals surface area contributed by atoms with Crippen molar-refractivity contribution >= 4 is 29.4 Å². The third kappa shape index (κ3) is 4.31. The van der Waals surface area contributed by atoms with E-state index >= 15 is 0 Å². The zero-order chi connectivity index (χ0) is 22.1. The number of amides is 3. The molecule has 0 bridgehead atoms. The number of hydrogen-bond acceptors (Lipinski definition) is 5. The number of nitrogens with one attached hydrogen (secondary N) is 1. The Labute approximate surface area is 170 Å². The number of ether oxygens (including phenoxy) is 1. The fraction of sp³-hybridized carbons (Fsp3) is 0.500. The number of esters is 1. The summed E-state index contributed by atoms with van der Waals surface area (Å²) < 4.78 is 43.8. The predicted molar refractivity (Wildman–Crippen MR) is 97.8 cm³/mol. The van der Waals surface area contributed by atoms with Crippen LogP contribution in [0.1, 0.15) is 38.2 Å². The molecule has 2 aliphatic rings. The van der Waals surface area contributed by atoms with Crippen molar-refractivity contribution in [2.45, 2.75) is 44.8 Å². The van der Waals surface area contributed by atoms with Crippen LogP contribution in [0, 0.1) is 11.8 Å². The zero-order valence-electron chi connectivity index (χ0n) is 16.2. The normalized spacial score (nSPS) is 22.5. The molecule has 1 aliphatic carbocycles. The zero-order valence-corrected chi connectivity index (χ0v) is 16.2. The Hall–Kier alpha value is -2.91. The smallest absolute Gasteiger partial charge is 0.418 e. The molecule has 30 heavy (non-hydrogen) atoms. The van der Waals surface area contributed by atoms with E-state index in [0.717, 1.165) is 29.9 Å². The molecule has 0 radical (unpaired) electrons. The standard InChI is InChI=1S/C20H21F3N2O5/c1-11(25-17(27)12-6-2-3-7-13(12)18(25)28)19(29)30-10-16(26)24-15-9-5-4-8-14(15)20(21,22)23/h4-5,8-9,11-13H,2-3,6-7,10H2,1H3,(H,24,26). The Morgan fingerprint density at radius 1 is 1.13 bits per heavy atom. The van der Waals surface area contributed by atoms with Gasteiger partial charge in [-0.1, -0.05) is 25.0 Å². The summed E-state index contributed by atoms with van der Waals surface area (Å²) in [5.74, 6) is -3.64. The lowest BCUT2D eigenvalue weighted by atomic mass is 9.81. The van der Waals surface area contributed by atoms with Gasteiger partial charge in [-0.15, -0.1) is 0 Å². The van der Waals surface area contributed by atoms with Crippen molar-refractivity contribution in [2.24, 2.45) is 11.8 Å². The SMILES string of the molecule is CC(C(=O)OCC(=O)Nc1ccccc1C(F)(F)F)N1C(=O)C2CCCCC2C1=O. The second-order valence-electron chi connectivity index (χ2n) is 7.42. The van der Waals surface area contributed by atoms with Gasteiger partial charge < -0.3 is 10.1 Å². The minimum Gasteiger partial charge on any atom is -0.454 e. The summed E-state index contributed by atoms with van der Waals surface area (Å²) in [7, 11) is 0. The van der Waals surface area contributed by atoms with E-state index in [-0.39, 0.29) is 0 Å². The largest absolute Gasteiger partial charge is 0.454 e. The molecule has 0 aromatic heterocycles. The molecular weight excluding hydrogens is 405 g/mol. The van der Waals surface area contributed by atoms with Crippen LogP contribution in [-0.2, 0) is 30.1 Å². The second kappa shape index (κ2) is 8.45. The molecule has 10 heteroatoms. The number of benzene rings is 1. The number of alkyl halides is 3. The van der Waals surface area contributed by atoms with Crippen molar-refractivity contribution in [2.75, 3.05) is 11.9 Å². The maximum absolute atomic E-state index is 13.0. The number of hydrogen-bond donors (Lipinski definition) is 1. The quantitative estimate of drug-likeness (QED) is 0.577.